The van der Waals surface area contributed by atoms with Crippen molar-refractivity contribution < 1.29 is 82.3 Å². The summed E-state index contributed by atoms with van der Waals surface area (Å²) < 4.78 is 47.3. The third kappa shape index (κ3) is 20.6. The summed E-state index contributed by atoms with van der Waals surface area (Å²) in [5.74, 6) is -0.591. The molecule has 1 aliphatic carbocycles. The molecule has 3 aliphatic rings. The Hall–Kier alpha value is -4.27. The second-order valence-corrected chi connectivity index (χ2v) is 22.4. The van der Waals surface area contributed by atoms with Gasteiger partial charge in [-0.05, 0) is 128 Å². The van der Waals surface area contributed by atoms with Crippen LogP contribution in [0.25, 0.3) is 0 Å². The minimum Gasteiger partial charge on any atom is -0.467 e. The number of alkyl carbamates (subject to hydrolysis) is 2. The summed E-state index contributed by atoms with van der Waals surface area (Å²) in [6, 6.07) is -4.45. The third-order valence-corrected chi connectivity index (χ3v) is 11.4. The van der Waals surface area contributed by atoms with E-state index in [1.54, 1.807) is 94.1 Å². The van der Waals surface area contributed by atoms with Gasteiger partial charge in [-0.2, -0.15) is 0 Å². The van der Waals surface area contributed by atoms with E-state index >= 15 is 0 Å². The Morgan fingerprint density at radius 2 is 1.46 bits per heavy atom. The van der Waals surface area contributed by atoms with Crippen LogP contribution in [0, 0.1) is 0 Å². The zero-order valence-electron chi connectivity index (χ0n) is 44.9. The molecule has 1 unspecified atom stereocenters. The topological polar surface area (TPSA) is 321 Å². The highest BCUT2D eigenvalue weighted by atomic mass is 16.7. The molecule has 416 valence electrons. The van der Waals surface area contributed by atoms with E-state index in [0.717, 1.165) is 11.3 Å². The number of ether oxygens (including phenoxy) is 8. The average molecular weight is 1030 g/mol. The predicted octanol–water partition coefficient (Wildman–Crippen LogP) is 2.07. The summed E-state index contributed by atoms with van der Waals surface area (Å²) in [6.45, 7) is 21.6. The lowest BCUT2D eigenvalue weighted by Gasteiger charge is -2.48. The quantitative estimate of drug-likeness (QED) is 0.0623. The fourth-order valence-corrected chi connectivity index (χ4v) is 7.96. The van der Waals surface area contributed by atoms with Gasteiger partial charge in [-0.1, -0.05) is 0 Å². The van der Waals surface area contributed by atoms with Crippen LogP contribution >= 0.6 is 0 Å². The smallest absolute Gasteiger partial charge is 0.410 e. The number of hydrogen-bond donors (Lipinski definition) is 9. The van der Waals surface area contributed by atoms with Crippen LogP contribution in [0.1, 0.15) is 122 Å². The van der Waals surface area contributed by atoms with Gasteiger partial charge in [0.25, 0.3) is 0 Å². The summed E-state index contributed by atoms with van der Waals surface area (Å²) in [7, 11) is 1.39. The number of nitrogens with zero attached hydrogens (tertiary/aromatic N) is 2. The van der Waals surface area contributed by atoms with E-state index in [2.05, 4.69) is 21.3 Å². The van der Waals surface area contributed by atoms with Crippen molar-refractivity contribution in [3.8, 4) is 0 Å². The van der Waals surface area contributed by atoms with Crippen molar-refractivity contribution in [2.75, 3.05) is 46.4 Å². The van der Waals surface area contributed by atoms with Gasteiger partial charge in [0, 0.05) is 32.7 Å². The molecule has 2 heterocycles. The summed E-state index contributed by atoms with van der Waals surface area (Å²) in [6.07, 6.45) is -11.1. The van der Waals surface area contributed by atoms with Crippen molar-refractivity contribution in [1.82, 2.24) is 31.1 Å². The SMILES string of the molecule is C[C@@H]([C@@H](O)[C@H](OCCO)O[C@@H]1[C@@H](O)[C@H](O[C@H]2OC(CN)=CC[C@H]2NCC2CCCN2C(=O)OC(C)(C)C)[C@@H](NC(=O)OC(C)(C)C)C[C@H]1NC(=O)[C@@H](O)CCNC(=O)OC(C)(C)C)N(C)C(=O)OC(C)(C)C. The van der Waals surface area contributed by atoms with E-state index in [1.165, 1.54) is 14.0 Å². The van der Waals surface area contributed by atoms with Gasteiger partial charge in [0.05, 0.1) is 43.9 Å². The Morgan fingerprint density at radius 1 is 0.861 bits per heavy atom. The molecule has 2 fully saturated rings. The van der Waals surface area contributed by atoms with Crippen molar-refractivity contribution in [3.05, 3.63) is 11.8 Å². The highest BCUT2D eigenvalue weighted by Crippen LogP contribution is 2.32. The molecule has 0 aromatic heterocycles. The van der Waals surface area contributed by atoms with Crippen LogP contribution in [0.3, 0.4) is 0 Å². The molecular formula is C48H87N7O17. The maximum atomic E-state index is 13.9. The largest absolute Gasteiger partial charge is 0.467 e. The van der Waals surface area contributed by atoms with Crippen molar-refractivity contribution in [1.29, 1.82) is 0 Å². The standard InChI is InChI=1S/C48H87N7O17/c1-27(54(14)43(63)71-47(8,9)10)34(58)40(65-23-22-56)68-36-31(52-38(60)33(57)19-20-50-41(61)69-45(2,3)4)24-32(53-42(62)70-46(5,6)7)37(35(36)59)67-39-30(18-17-29(25-49)66-39)51-26-28-16-15-21-55(28)44(64)72-48(11,12)13/h17,27-28,30-37,39-40,51,56-59H,15-16,18-26,49H2,1-14H3,(H,50,61)(H,52,60)(H,53,62)/t27-,28?,30+,31+,32-,33-,34+,35+,36-,37+,39+,40+/m0/s1. The van der Waals surface area contributed by atoms with Crippen LogP contribution in [-0.4, -0.2) is 203 Å². The number of nitrogens with one attached hydrogen (secondary N) is 4. The number of aliphatic hydroxyl groups is 4. The monoisotopic (exact) mass is 1030 g/mol. The highest BCUT2D eigenvalue weighted by molar-refractivity contribution is 5.81. The molecule has 12 atom stereocenters. The summed E-state index contributed by atoms with van der Waals surface area (Å²) in [4.78, 5) is 68.9. The molecule has 0 radical (unpaired) electrons. The molecule has 72 heavy (non-hydrogen) atoms. The van der Waals surface area contributed by atoms with Crippen LogP contribution < -0.4 is 27.0 Å². The zero-order valence-corrected chi connectivity index (χ0v) is 44.9. The second kappa shape index (κ2) is 26.8. The number of carbonyl (C=O) groups is 5. The molecule has 0 bridgehead atoms. The molecule has 0 aromatic carbocycles. The van der Waals surface area contributed by atoms with Crippen LogP contribution in [0.5, 0.6) is 0 Å². The number of likely N-dealkylation sites (N-methyl/N-ethyl adjacent to an activating group) is 1. The van der Waals surface area contributed by atoms with Gasteiger partial charge in [-0.3, -0.25) is 4.79 Å². The van der Waals surface area contributed by atoms with Gasteiger partial charge in [-0.25, -0.2) is 19.2 Å². The first-order valence-corrected chi connectivity index (χ1v) is 24.8. The minimum absolute atomic E-state index is 0.0123. The van der Waals surface area contributed by atoms with Gasteiger partial charge in [0.2, 0.25) is 12.2 Å². The number of likely N-dealkylation sites (tertiary alicyclic amines) is 1. The molecule has 3 rings (SSSR count). The molecular weight excluding hydrogens is 947 g/mol. The number of amides is 5. The Morgan fingerprint density at radius 3 is 2.04 bits per heavy atom. The summed E-state index contributed by atoms with van der Waals surface area (Å²) >= 11 is 0. The molecule has 10 N–H and O–H groups in total. The van der Waals surface area contributed by atoms with Crippen molar-refractivity contribution in [2.24, 2.45) is 5.73 Å². The first kappa shape index (κ1) is 62.0. The van der Waals surface area contributed by atoms with Crippen molar-refractivity contribution in [3.63, 3.8) is 0 Å². The normalized spacial score (nSPS) is 25.7. The number of nitrogens with two attached hydrogens (primary N) is 1. The first-order chi connectivity index (χ1) is 33.2. The van der Waals surface area contributed by atoms with Crippen molar-refractivity contribution in [2.45, 2.75) is 218 Å². The van der Waals surface area contributed by atoms with Crippen LogP contribution in [0.2, 0.25) is 0 Å². The number of carbonyl (C=O) groups excluding carboxylic acids is 5. The molecule has 24 nitrogen and oxygen atoms in total. The van der Waals surface area contributed by atoms with Crippen LogP contribution in [0.15, 0.2) is 11.8 Å². The highest BCUT2D eigenvalue weighted by Gasteiger charge is 2.51. The molecule has 1 saturated heterocycles. The van der Waals surface area contributed by atoms with Gasteiger partial charge in [-0.15, -0.1) is 0 Å². The lowest BCUT2D eigenvalue weighted by atomic mass is 9.83. The van der Waals surface area contributed by atoms with Crippen molar-refractivity contribution >= 4 is 30.3 Å². The Kier molecular flexibility index (Phi) is 23.1. The molecule has 1 saturated carbocycles. The van der Waals surface area contributed by atoms with E-state index in [4.69, 9.17) is 43.6 Å². The maximum Gasteiger partial charge on any atom is 0.410 e. The first-order valence-electron chi connectivity index (χ1n) is 24.8. The Labute approximate surface area is 424 Å². The lowest BCUT2D eigenvalue weighted by Crippen LogP contribution is -2.68. The van der Waals surface area contributed by atoms with E-state index in [1.807, 2.05) is 0 Å². The zero-order chi connectivity index (χ0) is 54.5. The molecule has 0 spiro atoms. The van der Waals surface area contributed by atoms with Gasteiger partial charge in [0.1, 0.15) is 58.7 Å². The molecule has 24 heteroatoms. The van der Waals surface area contributed by atoms with Gasteiger partial charge in [0.15, 0.2) is 6.29 Å². The van der Waals surface area contributed by atoms with E-state index in [9.17, 15) is 44.4 Å². The fourth-order valence-electron chi connectivity index (χ4n) is 7.96. The maximum absolute atomic E-state index is 13.9. The fraction of sp³-hybridized carbons (Fsp3) is 0.854. The molecule has 5 amide bonds. The predicted molar refractivity (Wildman–Crippen MR) is 261 cm³/mol. The number of rotatable bonds is 20. The average Bonchev–Trinajstić information content (AvgIpc) is 3.72. The molecule has 0 aromatic rings. The van der Waals surface area contributed by atoms with Crippen LogP contribution in [-0.2, 0) is 42.7 Å². The number of hydrogen-bond acceptors (Lipinski definition) is 19. The van der Waals surface area contributed by atoms with E-state index in [0.29, 0.717) is 31.7 Å². The Bertz CT molecular complexity index is 1800. The van der Waals surface area contributed by atoms with E-state index in [-0.39, 0.29) is 38.6 Å². The second-order valence-electron chi connectivity index (χ2n) is 22.4. The Balaban J connectivity index is 2.08. The summed E-state index contributed by atoms with van der Waals surface area (Å²) in [5.41, 5.74) is 2.68. The lowest BCUT2D eigenvalue weighted by molar-refractivity contribution is -0.276. The van der Waals surface area contributed by atoms with Gasteiger partial charge >= 0.3 is 24.4 Å². The third-order valence-electron chi connectivity index (χ3n) is 11.4. The van der Waals surface area contributed by atoms with E-state index < -0.39 is 127 Å². The number of aliphatic hydroxyl groups excluding tert-OH is 4. The van der Waals surface area contributed by atoms with Gasteiger partial charge < -0.3 is 95.1 Å². The minimum atomic E-state index is -1.84. The molecule has 2 aliphatic heterocycles. The van der Waals surface area contributed by atoms with Crippen LogP contribution in [0.4, 0.5) is 19.2 Å². The summed E-state index contributed by atoms with van der Waals surface area (Å²) in [5, 5.41) is 56.8.